The molecule has 0 aliphatic heterocycles. The Kier molecular flexibility index (Phi) is 5.24. The third-order valence-electron chi connectivity index (χ3n) is 3.74. The molecule has 1 saturated carbocycles. The Hall–Kier alpha value is -1.75. The third-order valence-corrected chi connectivity index (χ3v) is 3.74. The molecule has 4 N–H and O–H groups in total. The lowest BCUT2D eigenvalue weighted by Gasteiger charge is -2.23. The first-order valence-corrected chi connectivity index (χ1v) is 7.17. The zero-order valence-electron chi connectivity index (χ0n) is 11.9. The molecule has 1 aromatic carbocycles. The molecule has 0 aromatic heterocycles. The van der Waals surface area contributed by atoms with E-state index in [0.29, 0.717) is 11.4 Å². The Morgan fingerprint density at radius 2 is 2.00 bits per heavy atom. The molecule has 1 aliphatic carbocycles. The lowest BCUT2D eigenvalue weighted by atomic mass is 10.0. The molecule has 5 heteroatoms. The standard InChI is InChI=1S/C15H23N3O2/c1-20-14-10-6-5-9-13(14)18-15(19)17-12-8-4-2-3-7-11(12)16/h5-6,9-12H,2-4,7-8,16H2,1H3,(H2,17,18,19). The van der Waals surface area contributed by atoms with E-state index in [-0.39, 0.29) is 18.1 Å². The zero-order valence-corrected chi connectivity index (χ0v) is 11.9. The molecule has 20 heavy (non-hydrogen) atoms. The number of nitrogens with one attached hydrogen (secondary N) is 2. The van der Waals surface area contributed by atoms with Gasteiger partial charge in [-0.3, -0.25) is 0 Å². The Bertz CT molecular complexity index is 450. The number of para-hydroxylation sites is 2. The molecule has 1 aromatic rings. The highest BCUT2D eigenvalue weighted by molar-refractivity contribution is 5.91. The maximum atomic E-state index is 12.1. The van der Waals surface area contributed by atoms with Crippen molar-refractivity contribution in [3.63, 3.8) is 0 Å². The van der Waals surface area contributed by atoms with Crippen LogP contribution in [0.2, 0.25) is 0 Å². The van der Waals surface area contributed by atoms with Gasteiger partial charge in [-0.1, -0.05) is 31.4 Å². The highest BCUT2D eigenvalue weighted by Gasteiger charge is 2.22. The number of nitrogens with two attached hydrogens (primary N) is 1. The molecule has 0 bridgehead atoms. The Morgan fingerprint density at radius 3 is 2.80 bits per heavy atom. The van der Waals surface area contributed by atoms with Crippen LogP contribution in [0.25, 0.3) is 0 Å². The second-order valence-electron chi connectivity index (χ2n) is 5.21. The summed E-state index contributed by atoms with van der Waals surface area (Å²) in [4.78, 5) is 12.1. The van der Waals surface area contributed by atoms with Crippen molar-refractivity contribution in [1.82, 2.24) is 5.32 Å². The molecule has 1 fully saturated rings. The van der Waals surface area contributed by atoms with E-state index in [9.17, 15) is 4.79 Å². The topological polar surface area (TPSA) is 76.4 Å². The van der Waals surface area contributed by atoms with Crippen molar-refractivity contribution in [2.75, 3.05) is 12.4 Å². The number of carbonyl (C=O) groups is 1. The van der Waals surface area contributed by atoms with Crippen molar-refractivity contribution in [2.45, 2.75) is 44.2 Å². The third kappa shape index (κ3) is 3.87. The number of benzene rings is 1. The monoisotopic (exact) mass is 277 g/mol. The Labute approximate surface area is 119 Å². The fourth-order valence-corrected chi connectivity index (χ4v) is 2.59. The fourth-order valence-electron chi connectivity index (χ4n) is 2.59. The summed E-state index contributed by atoms with van der Waals surface area (Å²) in [7, 11) is 1.58. The van der Waals surface area contributed by atoms with Gasteiger partial charge in [-0.05, 0) is 25.0 Å². The van der Waals surface area contributed by atoms with Crippen LogP contribution in [0.15, 0.2) is 24.3 Å². The maximum absolute atomic E-state index is 12.1. The van der Waals surface area contributed by atoms with Gasteiger partial charge in [0.05, 0.1) is 12.8 Å². The first kappa shape index (κ1) is 14.7. The number of ether oxygens (including phenoxy) is 1. The van der Waals surface area contributed by atoms with Crippen LogP contribution in [0.3, 0.4) is 0 Å². The van der Waals surface area contributed by atoms with E-state index in [1.165, 1.54) is 6.42 Å². The average Bonchev–Trinajstić information content (AvgIpc) is 2.65. The molecule has 5 nitrogen and oxygen atoms in total. The number of urea groups is 1. The molecule has 110 valence electrons. The van der Waals surface area contributed by atoms with Gasteiger partial charge in [0.15, 0.2) is 0 Å². The maximum Gasteiger partial charge on any atom is 0.319 e. The van der Waals surface area contributed by atoms with E-state index < -0.39 is 0 Å². The van der Waals surface area contributed by atoms with Gasteiger partial charge in [0.25, 0.3) is 0 Å². The zero-order chi connectivity index (χ0) is 14.4. The average molecular weight is 277 g/mol. The van der Waals surface area contributed by atoms with Gasteiger partial charge in [-0.15, -0.1) is 0 Å². The molecule has 2 rings (SSSR count). The molecular weight excluding hydrogens is 254 g/mol. The smallest absolute Gasteiger partial charge is 0.319 e. The van der Waals surface area contributed by atoms with Crippen molar-refractivity contribution in [3.8, 4) is 5.75 Å². The molecule has 2 unspecified atom stereocenters. The fraction of sp³-hybridized carbons (Fsp3) is 0.533. The van der Waals surface area contributed by atoms with E-state index >= 15 is 0 Å². The molecule has 1 aliphatic rings. The summed E-state index contributed by atoms with van der Waals surface area (Å²) < 4.78 is 5.21. The van der Waals surface area contributed by atoms with Crippen LogP contribution in [0.5, 0.6) is 5.75 Å². The van der Waals surface area contributed by atoms with Crippen molar-refractivity contribution >= 4 is 11.7 Å². The molecule has 0 heterocycles. The quantitative estimate of drug-likeness (QED) is 0.743. The molecule has 2 atom stereocenters. The first-order valence-electron chi connectivity index (χ1n) is 7.17. The number of rotatable bonds is 3. The first-order chi connectivity index (χ1) is 9.70. The van der Waals surface area contributed by atoms with Gasteiger partial charge in [0, 0.05) is 12.1 Å². The minimum absolute atomic E-state index is 0.0425. The predicted molar refractivity (Wildman–Crippen MR) is 80.0 cm³/mol. The van der Waals surface area contributed by atoms with Gasteiger partial charge in [0.2, 0.25) is 0 Å². The lowest BCUT2D eigenvalue weighted by Crippen LogP contribution is -2.48. The second-order valence-corrected chi connectivity index (χ2v) is 5.21. The Balaban J connectivity index is 1.94. The van der Waals surface area contributed by atoms with Crippen LogP contribution in [-0.4, -0.2) is 25.2 Å². The second kappa shape index (κ2) is 7.14. The lowest BCUT2D eigenvalue weighted by molar-refractivity contribution is 0.245. The van der Waals surface area contributed by atoms with Crippen molar-refractivity contribution < 1.29 is 9.53 Å². The molecule has 0 saturated heterocycles. The molecule has 0 spiro atoms. The minimum Gasteiger partial charge on any atom is -0.495 e. The number of carbonyl (C=O) groups excluding carboxylic acids is 1. The van der Waals surface area contributed by atoms with Crippen LogP contribution in [-0.2, 0) is 0 Å². The van der Waals surface area contributed by atoms with Crippen molar-refractivity contribution in [2.24, 2.45) is 5.73 Å². The van der Waals surface area contributed by atoms with Crippen molar-refractivity contribution in [3.05, 3.63) is 24.3 Å². The van der Waals surface area contributed by atoms with E-state index in [1.807, 2.05) is 24.3 Å². The van der Waals surface area contributed by atoms with E-state index in [2.05, 4.69) is 10.6 Å². The summed E-state index contributed by atoms with van der Waals surface area (Å²) in [5.74, 6) is 0.646. The predicted octanol–water partition coefficient (Wildman–Crippen LogP) is 2.48. The van der Waals surface area contributed by atoms with Crippen LogP contribution in [0, 0.1) is 0 Å². The van der Waals surface area contributed by atoms with Gasteiger partial charge in [0.1, 0.15) is 5.75 Å². The summed E-state index contributed by atoms with van der Waals surface area (Å²) in [5.41, 5.74) is 6.77. The SMILES string of the molecule is COc1ccccc1NC(=O)NC1CCCCCC1N. The number of methoxy groups -OCH3 is 1. The number of amides is 2. The van der Waals surface area contributed by atoms with Gasteiger partial charge < -0.3 is 21.1 Å². The molecule has 0 radical (unpaired) electrons. The van der Waals surface area contributed by atoms with Crippen LogP contribution in [0.4, 0.5) is 10.5 Å². The van der Waals surface area contributed by atoms with Crippen LogP contribution >= 0.6 is 0 Å². The van der Waals surface area contributed by atoms with Crippen LogP contribution < -0.4 is 21.1 Å². The van der Waals surface area contributed by atoms with E-state index in [1.54, 1.807) is 7.11 Å². The molecular formula is C15H23N3O2. The van der Waals surface area contributed by atoms with Crippen LogP contribution in [0.1, 0.15) is 32.1 Å². The Morgan fingerprint density at radius 1 is 1.25 bits per heavy atom. The molecule has 2 amide bonds. The largest absolute Gasteiger partial charge is 0.495 e. The summed E-state index contributed by atoms with van der Waals surface area (Å²) in [6.45, 7) is 0. The van der Waals surface area contributed by atoms with E-state index in [0.717, 1.165) is 25.7 Å². The van der Waals surface area contributed by atoms with Crippen molar-refractivity contribution in [1.29, 1.82) is 0 Å². The minimum atomic E-state index is -0.225. The summed E-state index contributed by atoms with van der Waals surface area (Å²) in [5, 5.41) is 5.80. The summed E-state index contributed by atoms with van der Waals surface area (Å²) in [6.07, 6.45) is 5.38. The highest BCUT2D eigenvalue weighted by atomic mass is 16.5. The van der Waals surface area contributed by atoms with E-state index in [4.69, 9.17) is 10.5 Å². The highest BCUT2D eigenvalue weighted by Crippen LogP contribution is 2.23. The summed E-state index contributed by atoms with van der Waals surface area (Å²) in [6, 6.07) is 7.21. The summed E-state index contributed by atoms with van der Waals surface area (Å²) >= 11 is 0. The number of hydrogen-bond acceptors (Lipinski definition) is 3. The van der Waals surface area contributed by atoms with Gasteiger partial charge in [-0.2, -0.15) is 0 Å². The number of anilines is 1. The normalized spacial score (nSPS) is 22.7. The van der Waals surface area contributed by atoms with Gasteiger partial charge in [-0.25, -0.2) is 4.79 Å². The van der Waals surface area contributed by atoms with Gasteiger partial charge >= 0.3 is 6.03 Å². The number of hydrogen-bond donors (Lipinski definition) is 3.